The lowest BCUT2D eigenvalue weighted by molar-refractivity contribution is -0.137. The minimum Gasteiger partial charge on any atom is -0.444 e. The molecule has 0 saturated carbocycles. The van der Waals surface area contributed by atoms with Crippen LogP contribution in [0.5, 0.6) is 0 Å². The average molecular weight is 419 g/mol. The summed E-state index contributed by atoms with van der Waals surface area (Å²) in [6.45, 7) is 9.09. The molecule has 1 aromatic rings. The molecule has 3 N–H and O–H groups in total. The van der Waals surface area contributed by atoms with Gasteiger partial charge in [-0.3, -0.25) is 14.4 Å². The van der Waals surface area contributed by atoms with Crippen molar-refractivity contribution in [3.05, 3.63) is 23.9 Å². The maximum Gasteiger partial charge on any atom is 0.408 e. The number of nitrogens with zero attached hydrogens (tertiary/aromatic N) is 2. The van der Waals surface area contributed by atoms with E-state index in [1.54, 1.807) is 44.0 Å². The number of rotatable bonds is 3. The molecule has 1 aromatic heterocycles. The third kappa shape index (κ3) is 7.02. The number of alkyl carbamates (subject to hydrolysis) is 1. The van der Waals surface area contributed by atoms with Gasteiger partial charge in [-0.2, -0.15) is 0 Å². The Kier molecular flexibility index (Phi) is 7.36. The van der Waals surface area contributed by atoms with Crippen LogP contribution in [0.15, 0.2) is 18.3 Å². The van der Waals surface area contributed by atoms with E-state index in [4.69, 9.17) is 4.74 Å². The highest BCUT2D eigenvalue weighted by molar-refractivity contribution is 6.39. The molecule has 2 rings (SSSR count). The van der Waals surface area contributed by atoms with Crippen LogP contribution in [-0.4, -0.2) is 64.5 Å². The molecule has 2 atom stereocenters. The van der Waals surface area contributed by atoms with Crippen molar-refractivity contribution in [3.8, 4) is 0 Å². The summed E-state index contributed by atoms with van der Waals surface area (Å²) in [6.07, 6.45) is 1.29. The van der Waals surface area contributed by atoms with Gasteiger partial charge in [0.15, 0.2) is 0 Å². The van der Waals surface area contributed by atoms with Crippen LogP contribution >= 0.6 is 0 Å². The van der Waals surface area contributed by atoms with Gasteiger partial charge in [-0.25, -0.2) is 9.78 Å². The molecule has 10 nitrogen and oxygen atoms in total. The number of aryl methyl sites for hydroxylation is 1. The number of hydrogen-bond donors (Lipinski definition) is 3. The van der Waals surface area contributed by atoms with E-state index in [9.17, 15) is 19.2 Å². The summed E-state index contributed by atoms with van der Waals surface area (Å²) in [6, 6.07) is 2.21. The standard InChI is InChI=1S/C20H29N5O5/c1-12-6-7-16(21-10-12)24-18(28)17(27)22-14-8-9-25(13(2)26)11-15(14)23-19(29)30-20(3,4)5/h6-7,10,14-15H,8-9,11H2,1-5H3,(H,22,27)(H,23,29)(H,21,24,28)/t14-,15+/m0/s1. The van der Waals surface area contributed by atoms with E-state index in [0.717, 1.165) is 5.56 Å². The second-order valence-electron chi connectivity index (χ2n) is 8.26. The highest BCUT2D eigenvalue weighted by Crippen LogP contribution is 2.14. The van der Waals surface area contributed by atoms with E-state index >= 15 is 0 Å². The molecule has 0 unspecified atom stereocenters. The fraction of sp³-hybridized carbons (Fsp3) is 0.550. The molecule has 0 aliphatic carbocycles. The lowest BCUT2D eigenvalue weighted by Gasteiger charge is -2.38. The van der Waals surface area contributed by atoms with Gasteiger partial charge in [0, 0.05) is 26.2 Å². The van der Waals surface area contributed by atoms with Crippen molar-refractivity contribution in [2.24, 2.45) is 0 Å². The quantitative estimate of drug-likeness (QED) is 0.626. The Labute approximate surface area is 175 Å². The molecule has 0 spiro atoms. The Morgan fingerprint density at radius 3 is 2.37 bits per heavy atom. The minimum absolute atomic E-state index is 0.140. The zero-order chi connectivity index (χ0) is 22.5. The molecule has 1 saturated heterocycles. The summed E-state index contributed by atoms with van der Waals surface area (Å²) in [5.41, 5.74) is 0.226. The van der Waals surface area contributed by atoms with E-state index < -0.39 is 35.6 Å². The van der Waals surface area contributed by atoms with Crippen LogP contribution in [-0.2, 0) is 19.1 Å². The van der Waals surface area contributed by atoms with Crippen molar-refractivity contribution < 1.29 is 23.9 Å². The summed E-state index contributed by atoms with van der Waals surface area (Å²) in [5, 5.41) is 7.77. The number of carbonyl (C=O) groups excluding carboxylic acids is 4. The van der Waals surface area contributed by atoms with Crippen LogP contribution in [0.25, 0.3) is 0 Å². The van der Waals surface area contributed by atoms with Gasteiger partial charge in [-0.1, -0.05) is 6.07 Å². The van der Waals surface area contributed by atoms with E-state index in [1.807, 2.05) is 6.92 Å². The van der Waals surface area contributed by atoms with Crippen molar-refractivity contribution in [1.82, 2.24) is 20.5 Å². The van der Waals surface area contributed by atoms with Gasteiger partial charge in [0.05, 0.1) is 12.1 Å². The zero-order valence-corrected chi connectivity index (χ0v) is 17.9. The molecule has 164 valence electrons. The summed E-state index contributed by atoms with van der Waals surface area (Å²) < 4.78 is 5.27. The number of aromatic nitrogens is 1. The summed E-state index contributed by atoms with van der Waals surface area (Å²) >= 11 is 0. The first kappa shape index (κ1) is 23.1. The maximum atomic E-state index is 12.4. The first-order chi connectivity index (χ1) is 13.9. The molecule has 0 aromatic carbocycles. The molecule has 10 heteroatoms. The van der Waals surface area contributed by atoms with Crippen molar-refractivity contribution in [1.29, 1.82) is 0 Å². The van der Waals surface area contributed by atoms with Gasteiger partial charge in [-0.05, 0) is 45.7 Å². The van der Waals surface area contributed by atoms with Gasteiger partial charge in [0.1, 0.15) is 11.4 Å². The van der Waals surface area contributed by atoms with Crippen LogP contribution in [0.1, 0.15) is 39.7 Å². The number of hydrogen-bond acceptors (Lipinski definition) is 6. The summed E-state index contributed by atoms with van der Waals surface area (Å²) in [5.74, 6) is -1.60. The number of piperidine rings is 1. The molecular weight excluding hydrogens is 390 g/mol. The molecule has 30 heavy (non-hydrogen) atoms. The molecule has 4 amide bonds. The normalized spacial score (nSPS) is 18.9. The Bertz CT molecular complexity index is 803. The number of amides is 4. The number of anilines is 1. The fourth-order valence-corrected chi connectivity index (χ4v) is 2.96. The van der Waals surface area contributed by atoms with Crippen LogP contribution in [0.3, 0.4) is 0 Å². The van der Waals surface area contributed by atoms with Crippen molar-refractivity contribution in [2.75, 3.05) is 18.4 Å². The predicted octanol–water partition coefficient (Wildman–Crippen LogP) is 0.959. The third-order valence-corrected chi connectivity index (χ3v) is 4.44. The van der Waals surface area contributed by atoms with Gasteiger partial charge in [0.25, 0.3) is 0 Å². The van der Waals surface area contributed by atoms with E-state index in [0.29, 0.717) is 13.0 Å². The smallest absolute Gasteiger partial charge is 0.408 e. The summed E-state index contributed by atoms with van der Waals surface area (Å²) in [4.78, 5) is 54.2. The molecule has 1 fully saturated rings. The van der Waals surface area contributed by atoms with Crippen LogP contribution in [0, 0.1) is 6.92 Å². The topological polar surface area (TPSA) is 130 Å². The third-order valence-electron chi connectivity index (χ3n) is 4.44. The Hall–Kier alpha value is -3.17. The largest absolute Gasteiger partial charge is 0.444 e. The van der Waals surface area contributed by atoms with Crippen molar-refractivity contribution in [3.63, 3.8) is 0 Å². The first-order valence-electron chi connectivity index (χ1n) is 9.74. The molecule has 1 aliphatic rings. The molecule has 1 aliphatic heterocycles. The number of carbonyl (C=O) groups is 4. The number of pyridine rings is 1. The second-order valence-corrected chi connectivity index (χ2v) is 8.26. The predicted molar refractivity (Wildman–Crippen MR) is 110 cm³/mol. The Morgan fingerprint density at radius 1 is 1.10 bits per heavy atom. The van der Waals surface area contributed by atoms with Crippen molar-refractivity contribution >= 4 is 29.6 Å². The Balaban J connectivity index is 2.02. The molecule has 2 heterocycles. The number of ether oxygens (including phenoxy) is 1. The van der Waals surface area contributed by atoms with Gasteiger partial charge in [0.2, 0.25) is 5.91 Å². The van der Waals surface area contributed by atoms with Crippen LogP contribution in [0.4, 0.5) is 10.6 Å². The van der Waals surface area contributed by atoms with E-state index in [2.05, 4.69) is 20.9 Å². The van der Waals surface area contributed by atoms with Crippen molar-refractivity contribution in [2.45, 2.75) is 58.7 Å². The molecule has 0 radical (unpaired) electrons. The number of likely N-dealkylation sites (tertiary alicyclic amines) is 1. The second kappa shape index (κ2) is 9.55. The SMILES string of the molecule is CC(=O)N1CC[C@H](NC(=O)C(=O)Nc2ccc(C)cn2)[C@H](NC(=O)OC(C)(C)C)C1. The lowest BCUT2D eigenvalue weighted by Crippen LogP contribution is -2.62. The highest BCUT2D eigenvalue weighted by Gasteiger charge is 2.34. The zero-order valence-electron chi connectivity index (χ0n) is 17.9. The van der Waals surface area contributed by atoms with Crippen LogP contribution in [0.2, 0.25) is 0 Å². The van der Waals surface area contributed by atoms with Gasteiger partial charge >= 0.3 is 17.9 Å². The Morgan fingerprint density at radius 2 is 1.80 bits per heavy atom. The van der Waals surface area contributed by atoms with E-state index in [1.165, 1.54) is 6.92 Å². The van der Waals surface area contributed by atoms with Crippen LogP contribution < -0.4 is 16.0 Å². The minimum atomic E-state index is -0.864. The number of nitrogens with one attached hydrogen (secondary N) is 3. The summed E-state index contributed by atoms with van der Waals surface area (Å²) in [7, 11) is 0. The monoisotopic (exact) mass is 419 g/mol. The van der Waals surface area contributed by atoms with Gasteiger partial charge < -0.3 is 25.6 Å². The highest BCUT2D eigenvalue weighted by atomic mass is 16.6. The lowest BCUT2D eigenvalue weighted by atomic mass is 9.99. The average Bonchev–Trinajstić information content (AvgIpc) is 2.63. The molecule has 0 bridgehead atoms. The molecular formula is C20H29N5O5. The van der Waals surface area contributed by atoms with E-state index in [-0.39, 0.29) is 18.3 Å². The maximum absolute atomic E-state index is 12.4. The first-order valence-corrected chi connectivity index (χ1v) is 9.74. The van der Waals surface area contributed by atoms with Gasteiger partial charge in [-0.15, -0.1) is 0 Å². The fourth-order valence-electron chi connectivity index (χ4n) is 2.96.